The summed E-state index contributed by atoms with van der Waals surface area (Å²) in [4.78, 5) is 25.1. The number of carbonyl (C=O) groups excluding carboxylic acids is 1. The number of nitrogens with one attached hydrogen (secondary N) is 1. The van der Waals surface area contributed by atoms with E-state index in [1.165, 1.54) is 37.1 Å². The van der Waals surface area contributed by atoms with Crippen LogP contribution in [-0.2, 0) is 4.79 Å². The molecule has 1 amide bonds. The molecule has 0 spiro atoms. The second-order valence-electron chi connectivity index (χ2n) is 7.58. The van der Waals surface area contributed by atoms with Gasteiger partial charge in [-0.15, -0.1) is 0 Å². The van der Waals surface area contributed by atoms with Crippen LogP contribution in [0.4, 0.5) is 5.69 Å². The summed E-state index contributed by atoms with van der Waals surface area (Å²) in [5, 5.41) is 13.7. The number of hydrogen-bond donors (Lipinski definition) is 1. The molecule has 8 nitrogen and oxygen atoms in total. The standard InChI is InChI=1S/C23H29N3O5/c1-30-20-10-6-18(7-11-20)22(25-14-4-2-3-5-15-25)16-24-23(27)17-31-21-12-8-19(9-13-21)26(28)29/h6-13,22H,2-5,14-17H2,1H3,(H,24,27)/t22-/m1/s1. The summed E-state index contributed by atoms with van der Waals surface area (Å²) in [6.45, 7) is 2.35. The zero-order valence-electron chi connectivity index (χ0n) is 17.8. The number of methoxy groups -OCH3 is 1. The van der Waals surface area contributed by atoms with Crippen LogP contribution in [0.5, 0.6) is 11.5 Å². The number of rotatable bonds is 9. The van der Waals surface area contributed by atoms with Crippen LogP contribution in [0, 0.1) is 10.1 Å². The van der Waals surface area contributed by atoms with Crippen molar-refractivity contribution in [3.05, 3.63) is 64.2 Å². The number of amides is 1. The second-order valence-corrected chi connectivity index (χ2v) is 7.58. The lowest BCUT2D eigenvalue weighted by molar-refractivity contribution is -0.384. The van der Waals surface area contributed by atoms with E-state index in [2.05, 4.69) is 10.2 Å². The highest BCUT2D eigenvalue weighted by molar-refractivity contribution is 5.77. The van der Waals surface area contributed by atoms with Crippen LogP contribution in [0.15, 0.2) is 48.5 Å². The first-order chi connectivity index (χ1) is 15.1. The number of nitro groups is 1. The van der Waals surface area contributed by atoms with E-state index in [4.69, 9.17) is 9.47 Å². The third-order valence-corrected chi connectivity index (χ3v) is 5.49. The number of likely N-dealkylation sites (tertiary alicyclic amines) is 1. The normalized spacial score (nSPS) is 15.5. The zero-order valence-corrected chi connectivity index (χ0v) is 17.8. The van der Waals surface area contributed by atoms with Crippen LogP contribution < -0.4 is 14.8 Å². The Hall–Kier alpha value is -3.13. The number of benzene rings is 2. The van der Waals surface area contributed by atoms with Gasteiger partial charge in [0.2, 0.25) is 0 Å². The maximum Gasteiger partial charge on any atom is 0.269 e. The lowest BCUT2D eigenvalue weighted by atomic mass is 10.0. The molecule has 3 rings (SSSR count). The van der Waals surface area contributed by atoms with Gasteiger partial charge in [-0.1, -0.05) is 25.0 Å². The Morgan fingerprint density at radius 3 is 2.23 bits per heavy atom. The minimum absolute atomic E-state index is 0.0171. The number of nitro benzene ring substituents is 1. The van der Waals surface area contributed by atoms with Crippen molar-refractivity contribution in [3.8, 4) is 11.5 Å². The molecular weight excluding hydrogens is 398 g/mol. The highest BCUT2D eigenvalue weighted by Gasteiger charge is 2.22. The van der Waals surface area contributed by atoms with Gasteiger partial charge in [-0.3, -0.25) is 19.8 Å². The van der Waals surface area contributed by atoms with Crippen LogP contribution in [0.25, 0.3) is 0 Å². The fourth-order valence-electron chi connectivity index (χ4n) is 3.77. The van der Waals surface area contributed by atoms with Crippen LogP contribution in [0.1, 0.15) is 37.3 Å². The molecule has 2 aromatic rings. The molecule has 1 heterocycles. The highest BCUT2D eigenvalue weighted by atomic mass is 16.6. The van der Waals surface area contributed by atoms with Crippen molar-refractivity contribution >= 4 is 11.6 Å². The second kappa shape index (κ2) is 11.3. The molecule has 1 saturated heterocycles. The third-order valence-electron chi connectivity index (χ3n) is 5.49. The summed E-state index contributed by atoms with van der Waals surface area (Å²) in [5.74, 6) is 0.991. The first-order valence-electron chi connectivity index (χ1n) is 10.6. The van der Waals surface area contributed by atoms with Crippen molar-refractivity contribution in [2.24, 2.45) is 0 Å². The molecule has 8 heteroatoms. The van der Waals surface area contributed by atoms with E-state index in [-0.39, 0.29) is 24.2 Å². The fraction of sp³-hybridized carbons (Fsp3) is 0.435. The summed E-state index contributed by atoms with van der Waals surface area (Å²) >= 11 is 0. The van der Waals surface area contributed by atoms with Crippen molar-refractivity contribution in [2.75, 3.05) is 33.4 Å². The Morgan fingerprint density at radius 1 is 1.03 bits per heavy atom. The molecule has 2 aromatic carbocycles. The van der Waals surface area contributed by atoms with Crippen molar-refractivity contribution in [2.45, 2.75) is 31.7 Å². The Balaban J connectivity index is 1.59. The topological polar surface area (TPSA) is 93.9 Å². The van der Waals surface area contributed by atoms with Crippen LogP contribution in [-0.4, -0.2) is 49.1 Å². The molecule has 1 aliphatic rings. The first kappa shape index (κ1) is 22.6. The van der Waals surface area contributed by atoms with E-state index in [1.807, 2.05) is 24.3 Å². The van der Waals surface area contributed by atoms with E-state index in [0.717, 1.165) is 37.2 Å². The molecule has 31 heavy (non-hydrogen) atoms. The fourth-order valence-corrected chi connectivity index (χ4v) is 3.77. The molecule has 166 valence electrons. The van der Waals surface area contributed by atoms with E-state index in [0.29, 0.717) is 12.3 Å². The molecule has 0 unspecified atom stereocenters. The number of ether oxygens (including phenoxy) is 2. The minimum atomic E-state index is -0.474. The molecule has 1 N–H and O–H groups in total. The zero-order chi connectivity index (χ0) is 22.1. The largest absolute Gasteiger partial charge is 0.497 e. The maximum absolute atomic E-state index is 12.4. The number of carbonyl (C=O) groups is 1. The molecule has 1 aliphatic heterocycles. The maximum atomic E-state index is 12.4. The van der Waals surface area contributed by atoms with E-state index in [9.17, 15) is 14.9 Å². The average molecular weight is 428 g/mol. The van der Waals surface area contributed by atoms with Gasteiger partial charge in [0.25, 0.3) is 11.6 Å². The van der Waals surface area contributed by atoms with E-state index in [1.54, 1.807) is 7.11 Å². The van der Waals surface area contributed by atoms with Gasteiger partial charge < -0.3 is 14.8 Å². The Kier molecular flexibility index (Phi) is 8.23. The van der Waals surface area contributed by atoms with Gasteiger partial charge in [-0.25, -0.2) is 0 Å². The number of nitrogens with zero attached hydrogens (tertiary/aromatic N) is 2. The van der Waals surface area contributed by atoms with Gasteiger partial charge in [-0.05, 0) is 55.8 Å². The van der Waals surface area contributed by atoms with E-state index >= 15 is 0 Å². The van der Waals surface area contributed by atoms with Crippen molar-refractivity contribution in [1.29, 1.82) is 0 Å². The minimum Gasteiger partial charge on any atom is -0.497 e. The summed E-state index contributed by atoms with van der Waals surface area (Å²) in [6, 6.07) is 13.7. The predicted octanol–water partition coefficient (Wildman–Crippen LogP) is 3.72. The molecule has 0 aromatic heterocycles. The van der Waals surface area contributed by atoms with Crippen LogP contribution >= 0.6 is 0 Å². The lowest BCUT2D eigenvalue weighted by Gasteiger charge is -2.31. The Labute approximate surface area is 182 Å². The summed E-state index contributed by atoms with van der Waals surface area (Å²) in [5.41, 5.74) is 1.12. The molecule has 1 atom stereocenters. The van der Waals surface area contributed by atoms with Crippen molar-refractivity contribution < 1.29 is 19.2 Å². The van der Waals surface area contributed by atoms with Gasteiger partial charge in [-0.2, -0.15) is 0 Å². The first-order valence-corrected chi connectivity index (χ1v) is 10.6. The molecule has 0 radical (unpaired) electrons. The molecule has 0 saturated carbocycles. The Bertz CT molecular complexity index is 847. The third kappa shape index (κ3) is 6.68. The smallest absolute Gasteiger partial charge is 0.269 e. The molecule has 0 aliphatic carbocycles. The summed E-state index contributed by atoms with van der Waals surface area (Å²) in [6.07, 6.45) is 4.79. The van der Waals surface area contributed by atoms with Gasteiger partial charge in [0.05, 0.1) is 18.1 Å². The predicted molar refractivity (Wildman–Crippen MR) is 117 cm³/mol. The van der Waals surface area contributed by atoms with Gasteiger partial charge in [0.15, 0.2) is 6.61 Å². The highest BCUT2D eigenvalue weighted by Crippen LogP contribution is 2.25. The van der Waals surface area contributed by atoms with Crippen LogP contribution in [0.3, 0.4) is 0 Å². The molecular formula is C23H29N3O5. The molecule has 1 fully saturated rings. The quantitative estimate of drug-likeness (QED) is 0.484. The number of hydrogen-bond acceptors (Lipinski definition) is 6. The lowest BCUT2D eigenvalue weighted by Crippen LogP contribution is -2.40. The van der Waals surface area contributed by atoms with Crippen molar-refractivity contribution in [1.82, 2.24) is 10.2 Å². The number of non-ortho nitro benzene ring substituents is 1. The SMILES string of the molecule is COc1ccc([C@@H](CNC(=O)COc2ccc([N+](=O)[O-])cc2)N2CCCCCC2)cc1. The average Bonchev–Trinajstić information content (AvgIpc) is 3.08. The summed E-state index contributed by atoms with van der Waals surface area (Å²) < 4.78 is 10.7. The van der Waals surface area contributed by atoms with Crippen LogP contribution in [0.2, 0.25) is 0 Å². The Morgan fingerprint density at radius 2 is 1.65 bits per heavy atom. The molecule has 0 bridgehead atoms. The van der Waals surface area contributed by atoms with E-state index < -0.39 is 4.92 Å². The summed E-state index contributed by atoms with van der Waals surface area (Å²) in [7, 11) is 1.65. The van der Waals surface area contributed by atoms with Gasteiger partial charge in [0, 0.05) is 18.7 Å². The monoisotopic (exact) mass is 427 g/mol. The van der Waals surface area contributed by atoms with Gasteiger partial charge in [0.1, 0.15) is 11.5 Å². The van der Waals surface area contributed by atoms with Crippen molar-refractivity contribution in [3.63, 3.8) is 0 Å². The van der Waals surface area contributed by atoms with Gasteiger partial charge >= 0.3 is 0 Å².